The van der Waals surface area contributed by atoms with E-state index >= 15 is 0 Å². The number of alkyl halides is 3. The molecule has 4 heterocycles. The normalized spacial score (nSPS) is 14.8. The fraction of sp³-hybridized carbons (Fsp3) is 0.206. The third kappa shape index (κ3) is 5.35. The standard InChI is InChI=1S/C34H26BrF3N6O4/c1-19-14-25-28(18-42(19)31(45)22-10-13-27(35)26(16-22)34(36,37)38)44-30(23(17-39-44)15-20-6-4-3-5-7-20)43(32(25)46)24-11-8-21(9-12-24)29-40-48-33(47)41(29)2/h3-13,16-17,19H,14-15,18H2,1-2H3. The van der Waals surface area contributed by atoms with Gasteiger partial charge in [-0.3, -0.25) is 23.2 Å². The Balaban J connectivity index is 1.36. The topological polar surface area (TPSA) is 108 Å². The lowest BCUT2D eigenvalue weighted by Gasteiger charge is -2.35. The molecule has 0 saturated carbocycles. The maximum absolute atomic E-state index is 14.4. The van der Waals surface area contributed by atoms with Gasteiger partial charge in [0.2, 0.25) is 0 Å². The van der Waals surface area contributed by atoms with Crippen molar-refractivity contribution >= 4 is 27.5 Å². The van der Waals surface area contributed by atoms with Crippen LogP contribution in [0.1, 0.15) is 45.2 Å². The van der Waals surface area contributed by atoms with Crippen molar-refractivity contribution in [3.05, 3.63) is 138 Å². The summed E-state index contributed by atoms with van der Waals surface area (Å²) in [5.74, 6) is -0.859. The van der Waals surface area contributed by atoms with Crippen LogP contribution in [0.3, 0.4) is 0 Å². The second-order valence-corrected chi connectivity index (χ2v) is 12.5. The van der Waals surface area contributed by atoms with Crippen molar-refractivity contribution in [3.8, 4) is 17.1 Å². The highest BCUT2D eigenvalue weighted by Gasteiger charge is 2.36. The summed E-state index contributed by atoms with van der Waals surface area (Å²) in [5.41, 5.74) is 2.97. The van der Waals surface area contributed by atoms with Crippen LogP contribution in [-0.2, 0) is 32.6 Å². The molecule has 3 aromatic carbocycles. The average Bonchev–Trinajstić information content (AvgIpc) is 3.63. The second kappa shape index (κ2) is 11.8. The molecule has 3 aromatic heterocycles. The Morgan fingerprint density at radius 1 is 1.04 bits per heavy atom. The Labute approximate surface area is 278 Å². The van der Waals surface area contributed by atoms with Gasteiger partial charge in [0.15, 0.2) is 5.82 Å². The summed E-state index contributed by atoms with van der Waals surface area (Å²) in [6, 6.07) is 19.6. The fourth-order valence-electron chi connectivity index (χ4n) is 6.17. The molecule has 0 fully saturated rings. The van der Waals surface area contributed by atoms with Crippen molar-refractivity contribution < 1.29 is 22.5 Å². The van der Waals surface area contributed by atoms with E-state index in [4.69, 9.17) is 4.52 Å². The van der Waals surface area contributed by atoms with E-state index in [0.29, 0.717) is 40.4 Å². The molecule has 244 valence electrons. The number of rotatable bonds is 5. The Hall–Kier alpha value is -5.24. The van der Waals surface area contributed by atoms with Crippen LogP contribution in [0.5, 0.6) is 0 Å². The quantitative estimate of drug-likeness (QED) is 0.223. The maximum atomic E-state index is 14.4. The molecule has 1 aliphatic heterocycles. The summed E-state index contributed by atoms with van der Waals surface area (Å²) >= 11 is 2.94. The summed E-state index contributed by atoms with van der Waals surface area (Å²) < 4.78 is 50.1. The van der Waals surface area contributed by atoms with Crippen LogP contribution in [0.2, 0.25) is 0 Å². The van der Waals surface area contributed by atoms with Crippen LogP contribution in [0.15, 0.2) is 97.6 Å². The van der Waals surface area contributed by atoms with Gasteiger partial charge in [-0.2, -0.15) is 18.3 Å². The molecular weight excluding hydrogens is 693 g/mol. The number of carbonyl (C=O) groups excluding carboxylic acids is 1. The van der Waals surface area contributed by atoms with Gasteiger partial charge in [0.1, 0.15) is 5.65 Å². The SMILES string of the molecule is CC1Cc2c(n3ncc(Cc4ccccc4)c3n(-c3ccc(-c4noc(=O)n4C)cc3)c2=O)CN1C(=O)c1ccc(Br)c(C(F)(F)F)c1. The minimum atomic E-state index is -4.65. The van der Waals surface area contributed by atoms with Crippen LogP contribution in [0.25, 0.3) is 22.7 Å². The van der Waals surface area contributed by atoms with E-state index in [1.54, 1.807) is 53.5 Å². The molecule has 0 spiro atoms. The molecule has 1 atom stereocenters. The van der Waals surface area contributed by atoms with Crippen LogP contribution < -0.4 is 11.3 Å². The molecule has 10 nitrogen and oxygen atoms in total. The van der Waals surface area contributed by atoms with E-state index in [1.165, 1.54) is 21.6 Å². The van der Waals surface area contributed by atoms with Crippen LogP contribution >= 0.6 is 15.9 Å². The maximum Gasteiger partial charge on any atom is 0.441 e. The highest BCUT2D eigenvalue weighted by Crippen LogP contribution is 2.36. The van der Waals surface area contributed by atoms with E-state index in [1.807, 2.05) is 30.3 Å². The van der Waals surface area contributed by atoms with Crippen molar-refractivity contribution in [1.82, 2.24) is 28.8 Å². The lowest BCUT2D eigenvalue weighted by Crippen LogP contribution is -2.46. The number of aromatic nitrogens is 5. The number of carbonyl (C=O) groups is 1. The lowest BCUT2D eigenvalue weighted by molar-refractivity contribution is -0.138. The molecule has 48 heavy (non-hydrogen) atoms. The largest absolute Gasteiger partial charge is 0.441 e. The van der Waals surface area contributed by atoms with Gasteiger partial charge in [-0.1, -0.05) is 51.4 Å². The van der Waals surface area contributed by atoms with Crippen molar-refractivity contribution in [1.29, 1.82) is 0 Å². The summed E-state index contributed by atoms with van der Waals surface area (Å²) in [4.78, 5) is 41.5. The number of fused-ring (bicyclic) bond motifs is 3. The lowest BCUT2D eigenvalue weighted by atomic mass is 9.97. The summed E-state index contributed by atoms with van der Waals surface area (Å²) in [6.45, 7) is 1.73. The summed E-state index contributed by atoms with van der Waals surface area (Å²) in [5, 5.41) is 8.53. The van der Waals surface area contributed by atoms with Crippen molar-refractivity contribution in [2.45, 2.75) is 38.5 Å². The molecular formula is C34H26BrF3N6O4. The first-order valence-electron chi connectivity index (χ1n) is 14.9. The number of benzene rings is 3. The van der Waals surface area contributed by atoms with Crippen molar-refractivity contribution in [2.24, 2.45) is 7.05 Å². The molecule has 1 aliphatic rings. The molecule has 1 amide bonds. The molecule has 0 bridgehead atoms. The Morgan fingerprint density at radius 3 is 2.44 bits per heavy atom. The smallest absolute Gasteiger partial charge is 0.330 e. The fourth-order valence-corrected chi connectivity index (χ4v) is 6.65. The number of halogens is 4. The minimum Gasteiger partial charge on any atom is -0.330 e. The molecule has 6 aromatic rings. The van der Waals surface area contributed by atoms with Crippen LogP contribution in [-0.4, -0.2) is 40.8 Å². The highest BCUT2D eigenvalue weighted by molar-refractivity contribution is 9.10. The van der Waals surface area contributed by atoms with Crippen molar-refractivity contribution in [3.63, 3.8) is 0 Å². The van der Waals surface area contributed by atoms with E-state index in [2.05, 4.69) is 26.2 Å². The van der Waals surface area contributed by atoms with E-state index in [0.717, 1.165) is 17.2 Å². The number of amides is 1. The predicted octanol–water partition coefficient (Wildman–Crippen LogP) is 5.80. The molecule has 14 heteroatoms. The van der Waals surface area contributed by atoms with Gasteiger partial charge in [-0.25, -0.2) is 9.31 Å². The monoisotopic (exact) mass is 718 g/mol. The molecule has 0 N–H and O–H groups in total. The number of nitrogens with zero attached hydrogens (tertiary/aromatic N) is 6. The zero-order chi connectivity index (χ0) is 33.9. The Bertz CT molecular complexity index is 2320. The van der Waals surface area contributed by atoms with Gasteiger partial charge in [0, 0.05) is 46.2 Å². The Kier molecular flexibility index (Phi) is 7.69. The van der Waals surface area contributed by atoms with E-state index in [9.17, 15) is 27.6 Å². The molecule has 1 unspecified atom stereocenters. The van der Waals surface area contributed by atoms with Gasteiger partial charge < -0.3 is 4.90 Å². The first-order chi connectivity index (χ1) is 22.9. The van der Waals surface area contributed by atoms with Gasteiger partial charge in [-0.15, -0.1) is 0 Å². The third-order valence-corrected chi connectivity index (χ3v) is 9.34. The van der Waals surface area contributed by atoms with E-state index < -0.39 is 29.4 Å². The summed E-state index contributed by atoms with van der Waals surface area (Å²) in [7, 11) is 1.54. The van der Waals surface area contributed by atoms with Crippen molar-refractivity contribution in [2.75, 3.05) is 0 Å². The predicted molar refractivity (Wildman–Crippen MR) is 173 cm³/mol. The molecule has 0 aliphatic carbocycles. The zero-order valence-electron chi connectivity index (χ0n) is 25.5. The zero-order valence-corrected chi connectivity index (χ0v) is 27.1. The van der Waals surface area contributed by atoms with Gasteiger partial charge >= 0.3 is 11.9 Å². The van der Waals surface area contributed by atoms with Crippen LogP contribution in [0, 0.1) is 0 Å². The first-order valence-corrected chi connectivity index (χ1v) is 15.7. The molecule has 0 saturated heterocycles. The molecule has 0 radical (unpaired) electrons. The van der Waals surface area contributed by atoms with Gasteiger partial charge in [0.25, 0.3) is 11.5 Å². The van der Waals surface area contributed by atoms with E-state index in [-0.39, 0.29) is 28.6 Å². The van der Waals surface area contributed by atoms with Crippen LogP contribution in [0.4, 0.5) is 13.2 Å². The average molecular weight is 720 g/mol. The molecule has 7 rings (SSSR count). The summed E-state index contributed by atoms with van der Waals surface area (Å²) in [6.07, 6.45) is -2.35. The Morgan fingerprint density at radius 2 is 1.77 bits per heavy atom. The van der Waals surface area contributed by atoms with Gasteiger partial charge in [0.05, 0.1) is 29.7 Å². The first kappa shape index (κ1) is 31.4. The number of hydrogen-bond acceptors (Lipinski definition) is 6. The second-order valence-electron chi connectivity index (χ2n) is 11.7. The highest BCUT2D eigenvalue weighted by atomic mass is 79.9. The minimum absolute atomic E-state index is 0.0368. The third-order valence-electron chi connectivity index (χ3n) is 8.65. The number of hydrogen-bond donors (Lipinski definition) is 0. The van der Waals surface area contributed by atoms with Gasteiger partial charge in [-0.05, 0) is 61.4 Å².